The van der Waals surface area contributed by atoms with E-state index in [0.29, 0.717) is 16.3 Å². The number of carboxylic acids is 1. The molecule has 98 valence electrons. The summed E-state index contributed by atoms with van der Waals surface area (Å²) in [6.07, 6.45) is 0. The standard InChI is InChI=1S/C14H11ClFNO2/c15-10-3-1-2-9(8-10)13(14(18)19)17-12-6-4-11(16)5-7-12/h1-8,13,17H,(H,18,19). The van der Waals surface area contributed by atoms with Gasteiger partial charge in [-0.1, -0.05) is 23.7 Å². The monoisotopic (exact) mass is 279 g/mol. The molecule has 0 spiro atoms. The second kappa shape index (κ2) is 5.71. The summed E-state index contributed by atoms with van der Waals surface area (Å²) in [6.45, 7) is 0. The van der Waals surface area contributed by atoms with Gasteiger partial charge in [0.25, 0.3) is 0 Å². The van der Waals surface area contributed by atoms with Gasteiger partial charge in [0.15, 0.2) is 6.04 Å². The zero-order valence-electron chi connectivity index (χ0n) is 9.81. The summed E-state index contributed by atoms with van der Waals surface area (Å²) in [6, 6.07) is 11.1. The molecule has 1 unspecified atom stereocenters. The Morgan fingerprint density at radius 3 is 2.47 bits per heavy atom. The molecule has 0 saturated carbocycles. The maximum atomic E-state index is 12.8. The normalized spacial score (nSPS) is 11.9. The molecule has 2 aromatic carbocycles. The predicted molar refractivity (Wildman–Crippen MR) is 71.9 cm³/mol. The van der Waals surface area contributed by atoms with Crippen molar-refractivity contribution < 1.29 is 14.3 Å². The van der Waals surface area contributed by atoms with E-state index in [2.05, 4.69) is 5.32 Å². The summed E-state index contributed by atoms with van der Waals surface area (Å²) in [4.78, 5) is 11.3. The van der Waals surface area contributed by atoms with Crippen LogP contribution in [0.3, 0.4) is 0 Å². The third-order valence-electron chi connectivity index (χ3n) is 2.58. The molecule has 1 atom stereocenters. The fourth-order valence-corrected chi connectivity index (χ4v) is 1.89. The number of carboxylic acid groups (broad SMARTS) is 1. The maximum Gasteiger partial charge on any atom is 0.330 e. The van der Waals surface area contributed by atoms with E-state index < -0.39 is 12.0 Å². The van der Waals surface area contributed by atoms with Crippen LogP contribution in [0.15, 0.2) is 48.5 Å². The summed E-state index contributed by atoms with van der Waals surface area (Å²) in [5, 5.41) is 12.5. The van der Waals surface area contributed by atoms with E-state index in [1.165, 1.54) is 24.3 Å². The lowest BCUT2D eigenvalue weighted by Gasteiger charge is -2.16. The Labute approximate surface area is 114 Å². The van der Waals surface area contributed by atoms with Crippen LogP contribution < -0.4 is 5.32 Å². The van der Waals surface area contributed by atoms with Gasteiger partial charge in [-0.3, -0.25) is 0 Å². The molecule has 0 heterocycles. The summed E-state index contributed by atoms with van der Waals surface area (Å²) < 4.78 is 12.8. The summed E-state index contributed by atoms with van der Waals surface area (Å²) in [5.41, 5.74) is 1.05. The molecule has 0 amide bonds. The molecule has 2 rings (SSSR count). The summed E-state index contributed by atoms with van der Waals surface area (Å²) in [5.74, 6) is -1.41. The molecular weight excluding hydrogens is 269 g/mol. The molecule has 0 saturated heterocycles. The Morgan fingerprint density at radius 1 is 1.21 bits per heavy atom. The Hall–Kier alpha value is -2.07. The number of nitrogens with one attached hydrogen (secondary N) is 1. The molecule has 0 bridgehead atoms. The highest BCUT2D eigenvalue weighted by atomic mass is 35.5. The van der Waals surface area contributed by atoms with Gasteiger partial charge in [0.05, 0.1) is 0 Å². The highest BCUT2D eigenvalue weighted by Gasteiger charge is 2.19. The van der Waals surface area contributed by atoms with Gasteiger partial charge >= 0.3 is 5.97 Å². The van der Waals surface area contributed by atoms with Crippen LogP contribution in [0, 0.1) is 5.82 Å². The number of rotatable bonds is 4. The van der Waals surface area contributed by atoms with Crippen LogP contribution in [-0.4, -0.2) is 11.1 Å². The Morgan fingerprint density at radius 2 is 1.89 bits per heavy atom. The van der Waals surface area contributed by atoms with Crippen LogP contribution in [-0.2, 0) is 4.79 Å². The number of anilines is 1. The number of hydrogen-bond donors (Lipinski definition) is 2. The first kappa shape index (κ1) is 13.4. The Bertz CT molecular complexity index is 586. The van der Waals surface area contributed by atoms with Gasteiger partial charge < -0.3 is 10.4 Å². The van der Waals surface area contributed by atoms with Crippen molar-refractivity contribution >= 4 is 23.3 Å². The molecule has 2 aromatic rings. The average molecular weight is 280 g/mol. The average Bonchev–Trinajstić information content (AvgIpc) is 2.37. The van der Waals surface area contributed by atoms with Crippen molar-refractivity contribution in [3.05, 3.63) is 64.9 Å². The third kappa shape index (κ3) is 3.45. The molecule has 5 heteroatoms. The van der Waals surface area contributed by atoms with E-state index >= 15 is 0 Å². The van der Waals surface area contributed by atoms with Crippen molar-refractivity contribution in [3.8, 4) is 0 Å². The second-order valence-electron chi connectivity index (χ2n) is 3.98. The van der Waals surface area contributed by atoms with Crippen molar-refractivity contribution in [1.29, 1.82) is 0 Å². The molecule has 0 radical (unpaired) electrons. The Kier molecular flexibility index (Phi) is 4.02. The Balaban J connectivity index is 2.26. The first-order valence-electron chi connectivity index (χ1n) is 5.56. The molecule has 3 nitrogen and oxygen atoms in total. The van der Waals surface area contributed by atoms with Crippen molar-refractivity contribution in [1.82, 2.24) is 0 Å². The van der Waals surface area contributed by atoms with E-state index in [9.17, 15) is 14.3 Å². The summed E-state index contributed by atoms with van der Waals surface area (Å²) in [7, 11) is 0. The molecule has 2 N–H and O–H groups in total. The largest absolute Gasteiger partial charge is 0.479 e. The molecule has 0 aliphatic rings. The van der Waals surface area contributed by atoms with Crippen LogP contribution in [0.4, 0.5) is 10.1 Å². The number of halogens is 2. The smallest absolute Gasteiger partial charge is 0.330 e. The molecule has 0 aliphatic heterocycles. The van der Waals surface area contributed by atoms with Crippen LogP contribution in [0.2, 0.25) is 5.02 Å². The van der Waals surface area contributed by atoms with Gasteiger partial charge in [-0.05, 0) is 42.0 Å². The lowest BCUT2D eigenvalue weighted by molar-refractivity contribution is -0.138. The molecule has 19 heavy (non-hydrogen) atoms. The molecular formula is C14H11ClFNO2. The zero-order valence-corrected chi connectivity index (χ0v) is 10.6. The van der Waals surface area contributed by atoms with Gasteiger partial charge in [-0.25, -0.2) is 9.18 Å². The van der Waals surface area contributed by atoms with E-state index in [-0.39, 0.29) is 5.82 Å². The van der Waals surface area contributed by atoms with E-state index in [1.807, 2.05) is 0 Å². The topological polar surface area (TPSA) is 49.3 Å². The molecule has 0 fully saturated rings. The van der Waals surface area contributed by atoms with Crippen molar-refractivity contribution in [2.45, 2.75) is 6.04 Å². The number of benzene rings is 2. The number of aliphatic carboxylic acids is 1. The minimum absolute atomic E-state index is 0.375. The van der Waals surface area contributed by atoms with Crippen molar-refractivity contribution in [3.63, 3.8) is 0 Å². The summed E-state index contributed by atoms with van der Waals surface area (Å²) >= 11 is 5.85. The SMILES string of the molecule is O=C(O)C(Nc1ccc(F)cc1)c1cccc(Cl)c1. The first-order valence-corrected chi connectivity index (χ1v) is 5.94. The lowest BCUT2D eigenvalue weighted by atomic mass is 10.1. The van der Waals surface area contributed by atoms with E-state index in [1.54, 1.807) is 24.3 Å². The fourth-order valence-electron chi connectivity index (χ4n) is 1.69. The first-order chi connectivity index (χ1) is 9.06. The molecule has 0 aliphatic carbocycles. The van der Waals surface area contributed by atoms with Crippen LogP contribution in [0.5, 0.6) is 0 Å². The van der Waals surface area contributed by atoms with Crippen LogP contribution >= 0.6 is 11.6 Å². The number of hydrogen-bond acceptors (Lipinski definition) is 2. The third-order valence-corrected chi connectivity index (χ3v) is 2.82. The maximum absolute atomic E-state index is 12.8. The van der Waals surface area contributed by atoms with E-state index in [4.69, 9.17) is 11.6 Å². The van der Waals surface area contributed by atoms with Crippen molar-refractivity contribution in [2.24, 2.45) is 0 Å². The predicted octanol–water partition coefficient (Wildman–Crippen LogP) is 3.72. The van der Waals surface area contributed by atoms with Crippen molar-refractivity contribution in [2.75, 3.05) is 5.32 Å². The van der Waals surface area contributed by atoms with Gasteiger partial charge in [-0.2, -0.15) is 0 Å². The fraction of sp³-hybridized carbons (Fsp3) is 0.0714. The lowest BCUT2D eigenvalue weighted by Crippen LogP contribution is -2.20. The van der Waals surface area contributed by atoms with Crippen LogP contribution in [0.1, 0.15) is 11.6 Å². The second-order valence-corrected chi connectivity index (χ2v) is 4.41. The quantitative estimate of drug-likeness (QED) is 0.897. The minimum atomic E-state index is -1.04. The van der Waals surface area contributed by atoms with Gasteiger partial charge in [0.1, 0.15) is 5.82 Å². The highest BCUT2D eigenvalue weighted by Crippen LogP contribution is 2.22. The molecule has 0 aromatic heterocycles. The highest BCUT2D eigenvalue weighted by molar-refractivity contribution is 6.30. The van der Waals surface area contributed by atoms with Gasteiger partial charge in [-0.15, -0.1) is 0 Å². The zero-order chi connectivity index (χ0) is 13.8. The van der Waals surface area contributed by atoms with Gasteiger partial charge in [0, 0.05) is 10.7 Å². The number of carbonyl (C=O) groups is 1. The van der Waals surface area contributed by atoms with Gasteiger partial charge in [0.2, 0.25) is 0 Å². The van der Waals surface area contributed by atoms with Crippen LogP contribution in [0.25, 0.3) is 0 Å². The minimum Gasteiger partial charge on any atom is -0.479 e. The van der Waals surface area contributed by atoms with E-state index in [0.717, 1.165) is 0 Å².